The van der Waals surface area contributed by atoms with Gasteiger partial charge in [0.2, 0.25) is 5.91 Å². The van der Waals surface area contributed by atoms with E-state index in [9.17, 15) is 9.59 Å². The van der Waals surface area contributed by atoms with Crippen molar-refractivity contribution >= 4 is 28.5 Å². The van der Waals surface area contributed by atoms with E-state index < -0.39 is 11.4 Å². The summed E-state index contributed by atoms with van der Waals surface area (Å²) in [6.45, 7) is 7.77. The lowest BCUT2D eigenvalue weighted by atomic mass is 9.81. The zero-order valence-electron chi connectivity index (χ0n) is 16.1. The number of carbonyl (C=O) groups excluding carboxylic acids is 2. The zero-order chi connectivity index (χ0) is 19.6. The average Bonchev–Trinajstić information content (AvgIpc) is 2.98. The number of H-pyrrole nitrogens is 1. The van der Waals surface area contributed by atoms with E-state index in [0.29, 0.717) is 11.3 Å². The maximum atomic E-state index is 13.2. The quantitative estimate of drug-likeness (QED) is 0.652. The number of esters is 1. The molecule has 2 N–H and O–H groups in total. The van der Waals surface area contributed by atoms with Gasteiger partial charge in [-0.2, -0.15) is 0 Å². The number of ether oxygens (including phenoxy) is 1. The van der Waals surface area contributed by atoms with Gasteiger partial charge in [-0.1, -0.05) is 30.3 Å². The van der Waals surface area contributed by atoms with Crippen LogP contribution in [0.2, 0.25) is 0 Å². The van der Waals surface area contributed by atoms with Crippen molar-refractivity contribution in [1.82, 2.24) is 4.98 Å². The summed E-state index contributed by atoms with van der Waals surface area (Å²) in [5.74, 6) is -0.637. The molecular formula is C22H24N2O3. The molecule has 0 radical (unpaired) electrons. The van der Waals surface area contributed by atoms with Crippen LogP contribution in [-0.2, 0) is 14.9 Å². The van der Waals surface area contributed by atoms with Gasteiger partial charge in [0.05, 0.1) is 23.3 Å². The molecule has 0 atom stereocenters. The number of fused-ring (bicyclic) bond motifs is 1. The van der Waals surface area contributed by atoms with Crippen LogP contribution in [0.15, 0.2) is 48.5 Å². The molecule has 0 unspecified atom stereocenters. The van der Waals surface area contributed by atoms with Gasteiger partial charge in [-0.15, -0.1) is 0 Å². The largest absolute Gasteiger partial charge is 0.462 e. The summed E-state index contributed by atoms with van der Waals surface area (Å²) in [5, 5.41) is 3.94. The second kappa shape index (κ2) is 7.27. The standard InChI is InChI=1S/C22H24N2O3/c1-5-27-20(25)16-11-7-9-13-18(16)24-21(26)22(3,4)19-14(2)23-17-12-8-6-10-15(17)19/h6-13,23H,5H2,1-4H3,(H,24,26). The molecule has 27 heavy (non-hydrogen) atoms. The van der Waals surface area contributed by atoms with Crippen molar-refractivity contribution in [2.24, 2.45) is 0 Å². The molecule has 0 aliphatic rings. The van der Waals surface area contributed by atoms with Crippen molar-refractivity contribution in [3.05, 3.63) is 65.4 Å². The number of hydrogen-bond acceptors (Lipinski definition) is 3. The second-order valence-corrected chi connectivity index (χ2v) is 7.02. The first-order chi connectivity index (χ1) is 12.9. The number of rotatable bonds is 5. The maximum absolute atomic E-state index is 13.2. The SMILES string of the molecule is CCOC(=O)c1ccccc1NC(=O)C(C)(C)c1c(C)[nH]c2ccccc12. The fraction of sp³-hybridized carbons (Fsp3) is 0.273. The molecule has 0 aliphatic carbocycles. The summed E-state index contributed by atoms with van der Waals surface area (Å²) in [6.07, 6.45) is 0. The van der Waals surface area contributed by atoms with E-state index in [2.05, 4.69) is 10.3 Å². The molecule has 2 aromatic carbocycles. The Morgan fingerprint density at radius 2 is 1.74 bits per heavy atom. The molecule has 3 rings (SSSR count). The van der Waals surface area contributed by atoms with Gasteiger partial charge in [0.1, 0.15) is 0 Å². The van der Waals surface area contributed by atoms with Crippen molar-refractivity contribution < 1.29 is 14.3 Å². The van der Waals surface area contributed by atoms with Gasteiger partial charge in [-0.25, -0.2) is 4.79 Å². The predicted octanol–water partition coefficient (Wildman–Crippen LogP) is 4.57. The Morgan fingerprint density at radius 1 is 1.07 bits per heavy atom. The summed E-state index contributed by atoms with van der Waals surface area (Å²) in [5.41, 5.74) is 2.90. The van der Waals surface area contributed by atoms with Crippen molar-refractivity contribution in [1.29, 1.82) is 0 Å². The fourth-order valence-electron chi connectivity index (χ4n) is 3.45. The smallest absolute Gasteiger partial charge is 0.340 e. The van der Waals surface area contributed by atoms with Gasteiger partial charge in [0.15, 0.2) is 0 Å². The number of aromatic amines is 1. The molecule has 0 saturated carbocycles. The molecule has 5 nitrogen and oxygen atoms in total. The molecule has 140 valence electrons. The molecule has 5 heteroatoms. The number of benzene rings is 2. The Labute approximate surface area is 158 Å². The van der Waals surface area contributed by atoms with Crippen LogP contribution in [-0.4, -0.2) is 23.5 Å². The molecule has 0 spiro atoms. The van der Waals surface area contributed by atoms with Crippen molar-refractivity contribution in [3.8, 4) is 0 Å². The van der Waals surface area contributed by atoms with Crippen molar-refractivity contribution in [2.75, 3.05) is 11.9 Å². The van der Waals surface area contributed by atoms with Crippen LogP contribution in [0.4, 0.5) is 5.69 Å². The third kappa shape index (κ3) is 3.45. The highest BCUT2D eigenvalue weighted by Gasteiger charge is 2.34. The van der Waals surface area contributed by atoms with E-state index in [4.69, 9.17) is 4.74 Å². The highest BCUT2D eigenvalue weighted by molar-refractivity contribution is 6.06. The Balaban J connectivity index is 1.96. The van der Waals surface area contributed by atoms with E-state index in [1.165, 1.54) is 0 Å². The number of amides is 1. The highest BCUT2D eigenvalue weighted by Crippen LogP contribution is 2.34. The third-order valence-electron chi connectivity index (χ3n) is 4.76. The van der Waals surface area contributed by atoms with E-state index >= 15 is 0 Å². The monoisotopic (exact) mass is 364 g/mol. The van der Waals surface area contributed by atoms with E-state index in [0.717, 1.165) is 22.2 Å². The molecular weight excluding hydrogens is 340 g/mol. The minimum absolute atomic E-state index is 0.188. The lowest BCUT2D eigenvalue weighted by molar-refractivity contribution is -0.120. The predicted molar refractivity (Wildman–Crippen MR) is 107 cm³/mol. The summed E-state index contributed by atoms with van der Waals surface area (Å²) in [7, 11) is 0. The molecule has 1 aromatic heterocycles. The van der Waals surface area contributed by atoms with Crippen molar-refractivity contribution in [3.63, 3.8) is 0 Å². The number of hydrogen-bond donors (Lipinski definition) is 2. The normalized spacial score (nSPS) is 11.4. The van der Waals surface area contributed by atoms with Gasteiger partial charge in [0.25, 0.3) is 0 Å². The first-order valence-corrected chi connectivity index (χ1v) is 9.01. The Morgan fingerprint density at radius 3 is 2.48 bits per heavy atom. The van der Waals surface area contributed by atoms with E-state index in [1.54, 1.807) is 31.2 Å². The molecule has 0 fully saturated rings. The number of aromatic nitrogens is 1. The molecule has 0 aliphatic heterocycles. The highest BCUT2D eigenvalue weighted by atomic mass is 16.5. The minimum atomic E-state index is -0.800. The second-order valence-electron chi connectivity index (χ2n) is 7.02. The Bertz CT molecular complexity index is 1000. The fourth-order valence-corrected chi connectivity index (χ4v) is 3.45. The maximum Gasteiger partial charge on any atom is 0.340 e. The lowest BCUT2D eigenvalue weighted by Crippen LogP contribution is -2.35. The number of anilines is 1. The van der Waals surface area contributed by atoms with Gasteiger partial charge in [-0.3, -0.25) is 4.79 Å². The first kappa shape index (κ1) is 18.7. The molecule has 0 bridgehead atoms. The summed E-state index contributed by atoms with van der Waals surface area (Å²) >= 11 is 0. The lowest BCUT2D eigenvalue weighted by Gasteiger charge is -2.25. The minimum Gasteiger partial charge on any atom is -0.462 e. The molecule has 3 aromatic rings. The van der Waals surface area contributed by atoms with Crippen molar-refractivity contribution in [2.45, 2.75) is 33.1 Å². The van der Waals surface area contributed by atoms with Gasteiger partial charge in [-0.05, 0) is 51.5 Å². The van der Waals surface area contributed by atoms with Crippen LogP contribution in [0.5, 0.6) is 0 Å². The first-order valence-electron chi connectivity index (χ1n) is 9.01. The van der Waals surface area contributed by atoms with Gasteiger partial charge < -0.3 is 15.0 Å². The Kier molecular flexibility index (Phi) is 5.04. The topological polar surface area (TPSA) is 71.2 Å². The van der Waals surface area contributed by atoms with Crippen LogP contribution in [0.25, 0.3) is 10.9 Å². The van der Waals surface area contributed by atoms with E-state index in [1.807, 2.05) is 45.0 Å². The average molecular weight is 364 g/mol. The number of aryl methyl sites for hydroxylation is 1. The van der Waals surface area contributed by atoms with E-state index in [-0.39, 0.29) is 12.5 Å². The van der Waals surface area contributed by atoms with Crippen LogP contribution in [0.3, 0.4) is 0 Å². The summed E-state index contributed by atoms with van der Waals surface area (Å²) in [4.78, 5) is 28.7. The summed E-state index contributed by atoms with van der Waals surface area (Å²) < 4.78 is 5.09. The van der Waals surface area contributed by atoms with Crippen LogP contribution < -0.4 is 5.32 Å². The van der Waals surface area contributed by atoms with Crippen LogP contribution in [0.1, 0.15) is 42.4 Å². The Hall–Kier alpha value is -3.08. The third-order valence-corrected chi connectivity index (χ3v) is 4.76. The molecule has 1 amide bonds. The molecule has 1 heterocycles. The van der Waals surface area contributed by atoms with Crippen LogP contribution >= 0.6 is 0 Å². The van der Waals surface area contributed by atoms with Gasteiger partial charge in [0, 0.05) is 16.6 Å². The summed E-state index contributed by atoms with van der Waals surface area (Å²) in [6, 6.07) is 14.8. The van der Waals surface area contributed by atoms with Gasteiger partial charge >= 0.3 is 5.97 Å². The number of carbonyl (C=O) groups is 2. The number of para-hydroxylation sites is 2. The zero-order valence-corrected chi connectivity index (χ0v) is 16.1. The number of nitrogens with one attached hydrogen (secondary N) is 2. The molecule has 0 saturated heterocycles. The van der Waals surface area contributed by atoms with Crippen LogP contribution in [0, 0.1) is 6.92 Å².